The molecule has 0 atom stereocenters. The van der Waals surface area contributed by atoms with E-state index in [0.29, 0.717) is 22.9 Å². The summed E-state index contributed by atoms with van der Waals surface area (Å²) >= 11 is 7.10. The molecule has 0 aliphatic carbocycles. The SMILES string of the molecule is O=C(CNS(=O)(=O)c1cccs1)OCc1cc(Cl)cc2c1OCOC2. The molecule has 1 aliphatic rings. The van der Waals surface area contributed by atoms with Crippen LogP contribution >= 0.6 is 22.9 Å². The number of fused-ring (bicyclic) bond motifs is 1. The molecule has 1 N–H and O–H groups in total. The Morgan fingerprint density at radius 1 is 1.40 bits per heavy atom. The monoisotopic (exact) mass is 403 g/mol. The van der Waals surface area contributed by atoms with Gasteiger partial charge < -0.3 is 14.2 Å². The normalized spacial score (nSPS) is 13.8. The van der Waals surface area contributed by atoms with E-state index in [-0.39, 0.29) is 17.6 Å². The summed E-state index contributed by atoms with van der Waals surface area (Å²) in [5.41, 5.74) is 1.36. The molecule has 134 valence electrons. The summed E-state index contributed by atoms with van der Waals surface area (Å²) in [4.78, 5) is 11.8. The predicted octanol–water partition coefficient (Wildman–Crippen LogP) is 2.29. The van der Waals surface area contributed by atoms with Crippen molar-refractivity contribution in [2.24, 2.45) is 0 Å². The Hall–Kier alpha value is -1.65. The highest BCUT2D eigenvalue weighted by molar-refractivity contribution is 7.91. The van der Waals surface area contributed by atoms with Crippen LogP contribution in [0.1, 0.15) is 11.1 Å². The number of carbonyl (C=O) groups excluding carboxylic acids is 1. The summed E-state index contributed by atoms with van der Waals surface area (Å²) in [6.07, 6.45) is 0. The minimum Gasteiger partial charge on any atom is -0.467 e. The third kappa shape index (κ3) is 4.50. The van der Waals surface area contributed by atoms with E-state index in [1.165, 1.54) is 6.07 Å². The molecule has 0 fully saturated rings. The number of nitrogens with one attached hydrogen (secondary N) is 1. The van der Waals surface area contributed by atoms with Gasteiger partial charge in [0.2, 0.25) is 0 Å². The van der Waals surface area contributed by atoms with Gasteiger partial charge in [0.05, 0.1) is 6.61 Å². The number of hydrogen-bond acceptors (Lipinski definition) is 7. The molecule has 3 rings (SSSR count). The quantitative estimate of drug-likeness (QED) is 0.744. The molecule has 1 aromatic carbocycles. The van der Waals surface area contributed by atoms with Gasteiger partial charge in [-0.3, -0.25) is 4.79 Å². The van der Waals surface area contributed by atoms with Gasteiger partial charge in [-0.2, -0.15) is 4.72 Å². The van der Waals surface area contributed by atoms with Gasteiger partial charge in [-0.25, -0.2) is 8.42 Å². The van der Waals surface area contributed by atoms with Crippen LogP contribution in [-0.4, -0.2) is 27.7 Å². The topological polar surface area (TPSA) is 90.9 Å². The van der Waals surface area contributed by atoms with Crippen LogP contribution in [-0.2, 0) is 37.5 Å². The number of sulfonamides is 1. The minimum atomic E-state index is -3.71. The Labute approximate surface area is 153 Å². The van der Waals surface area contributed by atoms with Crippen molar-refractivity contribution in [3.8, 4) is 5.75 Å². The zero-order valence-electron chi connectivity index (χ0n) is 12.9. The number of rotatable bonds is 6. The van der Waals surface area contributed by atoms with E-state index in [1.54, 1.807) is 23.6 Å². The van der Waals surface area contributed by atoms with Gasteiger partial charge in [-0.15, -0.1) is 11.3 Å². The molecule has 2 heterocycles. The minimum absolute atomic E-state index is 0.0809. The number of hydrogen-bond donors (Lipinski definition) is 1. The van der Waals surface area contributed by atoms with Crippen molar-refractivity contribution in [3.05, 3.63) is 45.8 Å². The highest BCUT2D eigenvalue weighted by atomic mass is 35.5. The number of carbonyl (C=O) groups is 1. The Morgan fingerprint density at radius 2 is 2.24 bits per heavy atom. The molecule has 1 aromatic heterocycles. The van der Waals surface area contributed by atoms with E-state index in [0.717, 1.165) is 16.9 Å². The van der Waals surface area contributed by atoms with Crippen LogP contribution in [0.15, 0.2) is 33.9 Å². The molecular formula is C15H14ClNO6S2. The number of ether oxygens (including phenoxy) is 3. The highest BCUT2D eigenvalue weighted by Crippen LogP contribution is 2.32. The average Bonchev–Trinajstić information content (AvgIpc) is 3.13. The van der Waals surface area contributed by atoms with Gasteiger partial charge in [0, 0.05) is 16.1 Å². The van der Waals surface area contributed by atoms with Gasteiger partial charge in [0.15, 0.2) is 6.79 Å². The number of halogens is 1. The Balaban J connectivity index is 1.59. The van der Waals surface area contributed by atoms with E-state index in [2.05, 4.69) is 4.72 Å². The summed E-state index contributed by atoms with van der Waals surface area (Å²) in [5, 5.41) is 2.11. The highest BCUT2D eigenvalue weighted by Gasteiger charge is 2.19. The van der Waals surface area contributed by atoms with Gasteiger partial charge >= 0.3 is 5.97 Å². The van der Waals surface area contributed by atoms with E-state index in [4.69, 9.17) is 25.8 Å². The third-order valence-corrected chi connectivity index (χ3v) is 6.32. The fraction of sp³-hybridized carbons (Fsp3) is 0.267. The lowest BCUT2D eigenvalue weighted by atomic mass is 10.1. The van der Waals surface area contributed by atoms with Crippen molar-refractivity contribution < 1.29 is 27.4 Å². The van der Waals surface area contributed by atoms with Crippen molar-refractivity contribution in [3.63, 3.8) is 0 Å². The fourth-order valence-electron chi connectivity index (χ4n) is 2.21. The zero-order valence-corrected chi connectivity index (χ0v) is 15.2. The fourth-order valence-corrected chi connectivity index (χ4v) is 4.48. The molecule has 7 nitrogen and oxygen atoms in total. The van der Waals surface area contributed by atoms with E-state index in [9.17, 15) is 13.2 Å². The second kappa shape index (κ2) is 7.71. The molecule has 0 radical (unpaired) electrons. The van der Waals surface area contributed by atoms with Crippen LogP contribution in [0.3, 0.4) is 0 Å². The lowest BCUT2D eigenvalue weighted by Gasteiger charge is -2.21. The lowest BCUT2D eigenvalue weighted by molar-refractivity contribution is -0.143. The first-order chi connectivity index (χ1) is 12.0. The summed E-state index contributed by atoms with van der Waals surface area (Å²) in [5.74, 6) is -0.136. The molecule has 0 unspecified atom stereocenters. The van der Waals surface area contributed by atoms with Crippen molar-refractivity contribution in [1.29, 1.82) is 0 Å². The molecule has 1 aliphatic heterocycles. The standard InChI is InChI=1S/C15H14ClNO6S2/c16-12-4-10-7-21-9-23-15(10)11(5-12)8-22-13(18)6-17-25(19,20)14-2-1-3-24-14/h1-5,17H,6-9H2. The maximum atomic E-state index is 11.9. The smallest absolute Gasteiger partial charge is 0.321 e. The van der Waals surface area contributed by atoms with Gasteiger partial charge in [-0.1, -0.05) is 17.7 Å². The van der Waals surface area contributed by atoms with Gasteiger partial charge in [0.25, 0.3) is 10.0 Å². The summed E-state index contributed by atoms with van der Waals surface area (Å²) in [7, 11) is -3.71. The van der Waals surface area contributed by atoms with E-state index >= 15 is 0 Å². The average molecular weight is 404 g/mol. The Kier molecular flexibility index (Phi) is 5.60. The molecule has 2 aromatic rings. The summed E-state index contributed by atoms with van der Waals surface area (Å²) in [6.45, 7) is -0.0803. The first-order valence-electron chi connectivity index (χ1n) is 7.16. The second-order valence-corrected chi connectivity index (χ2v) is 8.46. The molecule has 25 heavy (non-hydrogen) atoms. The van der Waals surface area contributed by atoms with Gasteiger partial charge in [0.1, 0.15) is 23.1 Å². The molecule has 0 saturated heterocycles. The lowest BCUT2D eigenvalue weighted by Crippen LogP contribution is -2.30. The van der Waals surface area contributed by atoms with Crippen LogP contribution in [0.25, 0.3) is 0 Å². The molecule has 0 amide bonds. The van der Waals surface area contributed by atoms with Crippen LogP contribution < -0.4 is 9.46 Å². The zero-order chi connectivity index (χ0) is 17.9. The van der Waals surface area contributed by atoms with E-state index in [1.807, 2.05) is 0 Å². The van der Waals surface area contributed by atoms with Crippen LogP contribution in [0, 0.1) is 0 Å². The maximum absolute atomic E-state index is 11.9. The first kappa shape index (κ1) is 18.2. The van der Waals surface area contributed by atoms with Crippen molar-refractivity contribution in [2.75, 3.05) is 13.3 Å². The van der Waals surface area contributed by atoms with Gasteiger partial charge in [-0.05, 0) is 23.6 Å². The Bertz CT molecular complexity index is 866. The van der Waals surface area contributed by atoms with Crippen LogP contribution in [0.4, 0.5) is 0 Å². The van der Waals surface area contributed by atoms with Crippen LogP contribution in [0.5, 0.6) is 5.75 Å². The third-order valence-electron chi connectivity index (χ3n) is 3.31. The van der Waals surface area contributed by atoms with Crippen molar-refractivity contribution in [2.45, 2.75) is 17.4 Å². The molecule has 0 saturated carbocycles. The van der Waals surface area contributed by atoms with Crippen molar-refractivity contribution in [1.82, 2.24) is 4.72 Å². The number of benzene rings is 1. The molecule has 0 bridgehead atoms. The van der Waals surface area contributed by atoms with Crippen LogP contribution in [0.2, 0.25) is 5.02 Å². The summed E-state index contributed by atoms with van der Waals surface area (Å²) < 4.78 is 42.0. The number of thiophene rings is 1. The second-order valence-electron chi connectivity index (χ2n) is 5.08. The predicted molar refractivity (Wildman–Crippen MR) is 91.0 cm³/mol. The largest absolute Gasteiger partial charge is 0.467 e. The van der Waals surface area contributed by atoms with Crippen molar-refractivity contribution >= 4 is 38.9 Å². The maximum Gasteiger partial charge on any atom is 0.321 e. The molecular weight excluding hydrogens is 390 g/mol. The summed E-state index contributed by atoms with van der Waals surface area (Å²) in [6, 6.07) is 6.42. The van der Waals surface area contributed by atoms with E-state index < -0.39 is 22.5 Å². The number of esters is 1. The Morgan fingerprint density at radius 3 is 3.00 bits per heavy atom. The molecule has 0 spiro atoms. The first-order valence-corrected chi connectivity index (χ1v) is 9.90. The molecule has 10 heteroatoms.